The number of sulfonamides is 1. The average molecular weight is 410 g/mol. The molecule has 0 saturated carbocycles. The molecule has 0 aliphatic rings. The monoisotopic (exact) mass is 409 g/mol. The van der Waals surface area contributed by atoms with Crippen molar-refractivity contribution in [2.75, 3.05) is 0 Å². The van der Waals surface area contributed by atoms with E-state index in [4.69, 9.17) is 0 Å². The topological polar surface area (TPSA) is 55.4 Å². The molecule has 0 heterocycles. The van der Waals surface area contributed by atoms with E-state index in [0.29, 0.717) is 10.0 Å². The Morgan fingerprint density at radius 1 is 1.09 bits per heavy atom. The van der Waals surface area contributed by atoms with E-state index in [2.05, 4.69) is 25.4 Å². The summed E-state index contributed by atoms with van der Waals surface area (Å²) in [5.41, 5.74) is 0.336. The van der Waals surface area contributed by atoms with E-state index in [1.165, 1.54) is 18.2 Å². The number of halogens is 4. The smallest absolute Gasteiger partial charge is 0.406 e. The fourth-order valence-electron chi connectivity index (χ4n) is 1.77. The van der Waals surface area contributed by atoms with E-state index < -0.39 is 22.1 Å². The van der Waals surface area contributed by atoms with Gasteiger partial charge in [0, 0.05) is 11.0 Å². The molecule has 2 rings (SSSR count). The third-order valence-corrected chi connectivity index (χ3v) is 5.14. The molecule has 0 atom stereocenters. The SMILES string of the molecule is O=S(=O)(NCc1cccc(OC(F)(F)F)c1)c1ccccc1Br. The summed E-state index contributed by atoms with van der Waals surface area (Å²) in [4.78, 5) is 0.0442. The predicted octanol–water partition coefficient (Wildman–Crippen LogP) is 3.83. The van der Waals surface area contributed by atoms with Gasteiger partial charge in [0.2, 0.25) is 10.0 Å². The summed E-state index contributed by atoms with van der Waals surface area (Å²) >= 11 is 3.14. The molecule has 0 spiro atoms. The van der Waals surface area contributed by atoms with Gasteiger partial charge in [0.05, 0.1) is 4.90 Å². The number of hydrogen-bond donors (Lipinski definition) is 1. The Labute approximate surface area is 139 Å². The lowest BCUT2D eigenvalue weighted by Crippen LogP contribution is -2.23. The quantitative estimate of drug-likeness (QED) is 0.816. The Balaban J connectivity index is 2.12. The Hall–Kier alpha value is -1.58. The van der Waals surface area contributed by atoms with Crippen molar-refractivity contribution in [2.24, 2.45) is 0 Å². The molecule has 0 radical (unpaired) electrons. The number of rotatable bonds is 5. The summed E-state index contributed by atoms with van der Waals surface area (Å²) in [5, 5.41) is 0. The maximum Gasteiger partial charge on any atom is 0.573 e. The third kappa shape index (κ3) is 5.22. The van der Waals surface area contributed by atoms with E-state index in [-0.39, 0.29) is 11.4 Å². The lowest BCUT2D eigenvalue weighted by Gasteiger charge is -2.11. The number of nitrogens with one attached hydrogen (secondary N) is 1. The van der Waals surface area contributed by atoms with E-state index in [0.717, 1.165) is 12.1 Å². The number of benzene rings is 2. The molecule has 2 aromatic rings. The second-order valence-corrected chi connectivity index (χ2v) is 7.04. The molecular weight excluding hydrogens is 399 g/mol. The molecule has 2 aromatic carbocycles. The minimum atomic E-state index is -4.80. The molecule has 23 heavy (non-hydrogen) atoms. The first kappa shape index (κ1) is 17.8. The number of alkyl halides is 3. The number of hydrogen-bond acceptors (Lipinski definition) is 3. The van der Waals surface area contributed by atoms with Crippen LogP contribution in [0.1, 0.15) is 5.56 Å². The van der Waals surface area contributed by atoms with Crippen LogP contribution in [0.2, 0.25) is 0 Å². The molecule has 4 nitrogen and oxygen atoms in total. The minimum Gasteiger partial charge on any atom is -0.406 e. The van der Waals surface area contributed by atoms with Crippen molar-refractivity contribution < 1.29 is 26.3 Å². The maximum absolute atomic E-state index is 12.2. The summed E-state index contributed by atoms with van der Waals surface area (Å²) in [5.74, 6) is -0.407. The fraction of sp³-hybridized carbons (Fsp3) is 0.143. The molecule has 124 valence electrons. The minimum absolute atomic E-state index is 0.0442. The first-order chi connectivity index (χ1) is 10.7. The van der Waals surface area contributed by atoms with Gasteiger partial charge in [-0.1, -0.05) is 24.3 Å². The molecule has 0 aliphatic carbocycles. The molecule has 0 bridgehead atoms. The summed E-state index contributed by atoms with van der Waals surface area (Å²) in [6.45, 7) is -0.168. The Morgan fingerprint density at radius 2 is 1.78 bits per heavy atom. The largest absolute Gasteiger partial charge is 0.573 e. The van der Waals surface area contributed by atoms with Gasteiger partial charge in [-0.2, -0.15) is 0 Å². The fourth-order valence-corrected chi connectivity index (χ4v) is 3.79. The van der Waals surface area contributed by atoms with Crippen LogP contribution in [0.15, 0.2) is 57.9 Å². The van der Waals surface area contributed by atoms with Crippen molar-refractivity contribution in [2.45, 2.75) is 17.8 Å². The Morgan fingerprint density at radius 3 is 2.43 bits per heavy atom. The predicted molar refractivity (Wildman–Crippen MR) is 81.3 cm³/mol. The van der Waals surface area contributed by atoms with Crippen LogP contribution in [0.5, 0.6) is 5.75 Å². The van der Waals surface area contributed by atoms with Crippen molar-refractivity contribution in [3.8, 4) is 5.75 Å². The van der Waals surface area contributed by atoms with Gasteiger partial charge in [-0.15, -0.1) is 13.2 Å². The van der Waals surface area contributed by atoms with Crippen molar-refractivity contribution in [3.05, 3.63) is 58.6 Å². The second-order valence-electron chi connectivity index (χ2n) is 4.45. The lowest BCUT2D eigenvalue weighted by molar-refractivity contribution is -0.274. The van der Waals surface area contributed by atoms with Crippen molar-refractivity contribution in [3.63, 3.8) is 0 Å². The van der Waals surface area contributed by atoms with E-state index in [1.54, 1.807) is 18.2 Å². The zero-order chi connectivity index (χ0) is 17.1. The maximum atomic E-state index is 12.2. The first-order valence-corrected chi connectivity index (χ1v) is 8.54. The molecular formula is C14H11BrF3NO3S. The van der Waals surface area contributed by atoms with E-state index in [9.17, 15) is 21.6 Å². The van der Waals surface area contributed by atoms with Gasteiger partial charge in [0.25, 0.3) is 0 Å². The molecule has 0 unspecified atom stereocenters. The van der Waals surface area contributed by atoms with Gasteiger partial charge >= 0.3 is 6.36 Å². The van der Waals surface area contributed by atoms with Gasteiger partial charge in [0.15, 0.2) is 0 Å². The molecule has 0 saturated heterocycles. The average Bonchev–Trinajstić information content (AvgIpc) is 2.44. The third-order valence-electron chi connectivity index (χ3n) is 2.72. The van der Waals surface area contributed by atoms with Gasteiger partial charge in [-0.05, 0) is 45.8 Å². The van der Waals surface area contributed by atoms with Crippen LogP contribution in [-0.4, -0.2) is 14.8 Å². The normalized spacial score (nSPS) is 12.2. The van der Waals surface area contributed by atoms with Gasteiger partial charge in [0.1, 0.15) is 5.75 Å². The van der Waals surface area contributed by atoms with Crippen molar-refractivity contribution in [1.82, 2.24) is 4.72 Å². The highest BCUT2D eigenvalue weighted by Gasteiger charge is 2.31. The van der Waals surface area contributed by atoms with Crippen molar-refractivity contribution in [1.29, 1.82) is 0 Å². The van der Waals surface area contributed by atoms with Gasteiger partial charge < -0.3 is 4.74 Å². The van der Waals surface area contributed by atoms with E-state index >= 15 is 0 Å². The number of ether oxygens (including phenoxy) is 1. The molecule has 0 aromatic heterocycles. The van der Waals surface area contributed by atoms with Crippen LogP contribution >= 0.6 is 15.9 Å². The molecule has 1 N–H and O–H groups in total. The van der Waals surface area contributed by atoms with Gasteiger partial charge in [-0.3, -0.25) is 0 Å². The Kier molecular flexibility index (Phi) is 5.33. The summed E-state index contributed by atoms with van der Waals surface area (Å²) in [6, 6.07) is 11.3. The van der Waals surface area contributed by atoms with Crippen LogP contribution < -0.4 is 9.46 Å². The molecule has 0 aliphatic heterocycles. The zero-order valence-corrected chi connectivity index (χ0v) is 13.9. The van der Waals surface area contributed by atoms with Crippen LogP contribution in [0.3, 0.4) is 0 Å². The van der Waals surface area contributed by atoms with E-state index in [1.807, 2.05) is 0 Å². The zero-order valence-electron chi connectivity index (χ0n) is 11.5. The van der Waals surface area contributed by atoms with Crippen molar-refractivity contribution >= 4 is 26.0 Å². The Bertz CT molecular complexity index is 794. The van der Waals surface area contributed by atoms with Crippen LogP contribution in [-0.2, 0) is 16.6 Å². The first-order valence-electron chi connectivity index (χ1n) is 6.26. The van der Waals surface area contributed by atoms with Crippen LogP contribution in [0, 0.1) is 0 Å². The van der Waals surface area contributed by atoms with Gasteiger partial charge in [-0.25, -0.2) is 13.1 Å². The summed E-state index contributed by atoms with van der Waals surface area (Å²) in [6.07, 6.45) is -4.80. The highest BCUT2D eigenvalue weighted by atomic mass is 79.9. The molecule has 0 amide bonds. The molecule has 0 fully saturated rings. The standard InChI is InChI=1S/C14H11BrF3NO3S/c15-12-6-1-2-7-13(12)23(20,21)19-9-10-4-3-5-11(8-10)22-14(16,17)18/h1-8,19H,9H2. The highest BCUT2D eigenvalue weighted by Crippen LogP contribution is 2.24. The lowest BCUT2D eigenvalue weighted by atomic mass is 10.2. The summed E-state index contributed by atoms with van der Waals surface area (Å²) < 4.78 is 67.4. The van der Waals surface area contributed by atoms with Crippen LogP contribution in [0.4, 0.5) is 13.2 Å². The summed E-state index contributed by atoms with van der Waals surface area (Å²) in [7, 11) is -3.80. The molecule has 9 heteroatoms. The van der Waals surface area contributed by atoms with Crippen LogP contribution in [0.25, 0.3) is 0 Å². The highest BCUT2D eigenvalue weighted by molar-refractivity contribution is 9.10. The second kappa shape index (κ2) is 6.90.